The molecule has 4 heteroatoms. The number of rotatable bonds is 5. The number of amides is 1. The highest BCUT2D eigenvalue weighted by Gasteiger charge is 2.22. The fraction of sp³-hybridized carbons (Fsp3) is 0.941. The van der Waals surface area contributed by atoms with Gasteiger partial charge in [0, 0.05) is 26.1 Å². The molecule has 0 aromatic carbocycles. The van der Waals surface area contributed by atoms with E-state index in [1.54, 1.807) is 0 Å². The van der Waals surface area contributed by atoms with Crippen LogP contribution in [-0.4, -0.2) is 55.5 Å². The van der Waals surface area contributed by atoms with Gasteiger partial charge in [0.2, 0.25) is 5.91 Å². The normalized spacial score (nSPS) is 28.5. The van der Waals surface area contributed by atoms with Crippen LogP contribution in [-0.2, 0) is 4.79 Å². The third-order valence-electron chi connectivity index (χ3n) is 5.45. The minimum atomic E-state index is 0.337. The molecular weight excluding hydrogens is 262 g/mol. The number of likely N-dealkylation sites (tertiary alicyclic amines) is 1. The molecule has 1 aliphatic heterocycles. The van der Waals surface area contributed by atoms with Crippen molar-refractivity contribution in [1.82, 2.24) is 9.80 Å². The van der Waals surface area contributed by atoms with E-state index in [2.05, 4.69) is 11.9 Å². The van der Waals surface area contributed by atoms with Crippen molar-refractivity contribution in [1.29, 1.82) is 0 Å². The van der Waals surface area contributed by atoms with E-state index in [-0.39, 0.29) is 0 Å². The van der Waals surface area contributed by atoms with E-state index < -0.39 is 0 Å². The Morgan fingerprint density at radius 2 is 1.71 bits per heavy atom. The Balaban J connectivity index is 1.63. The van der Waals surface area contributed by atoms with Gasteiger partial charge in [-0.3, -0.25) is 4.79 Å². The lowest BCUT2D eigenvalue weighted by Crippen LogP contribution is -2.38. The zero-order chi connectivity index (χ0) is 15.2. The summed E-state index contributed by atoms with van der Waals surface area (Å²) < 4.78 is 0. The first-order valence-corrected chi connectivity index (χ1v) is 8.72. The maximum absolute atomic E-state index is 12.3. The van der Waals surface area contributed by atoms with Crippen LogP contribution in [0.25, 0.3) is 0 Å². The molecule has 0 spiro atoms. The molecule has 21 heavy (non-hydrogen) atoms. The summed E-state index contributed by atoms with van der Waals surface area (Å²) in [6.45, 7) is 3.30. The highest BCUT2D eigenvalue weighted by atomic mass is 16.2. The molecule has 2 N–H and O–H groups in total. The average molecular weight is 295 g/mol. The predicted octanol–water partition coefficient (Wildman–Crippen LogP) is 2.08. The molecule has 2 rings (SSSR count). The lowest BCUT2D eigenvalue weighted by Gasteiger charge is -2.32. The van der Waals surface area contributed by atoms with Gasteiger partial charge in [0.1, 0.15) is 0 Å². The van der Waals surface area contributed by atoms with Crippen LogP contribution in [0.5, 0.6) is 0 Å². The molecule has 1 aliphatic carbocycles. The minimum Gasteiger partial charge on any atom is -0.345 e. The SMILES string of the molecule is CN1CCC(CN(C)C(=O)CCC2CCC(N)CC2)CC1. The van der Waals surface area contributed by atoms with E-state index in [1.165, 1.54) is 38.8 Å². The van der Waals surface area contributed by atoms with E-state index in [9.17, 15) is 4.79 Å². The van der Waals surface area contributed by atoms with Crippen LogP contribution >= 0.6 is 0 Å². The van der Waals surface area contributed by atoms with Crippen molar-refractivity contribution in [2.75, 3.05) is 33.7 Å². The summed E-state index contributed by atoms with van der Waals surface area (Å²) in [5.41, 5.74) is 5.94. The second kappa shape index (κ2) is 8.14. The zero-order valence-corrected chi connectivity index (χ0v) is 13.9. The van der Waals surface area contributed by atoms with Gasteiger partial charge in [-0.15, -0.1) is 0 Å². The van der Waals surface area contributed by atoms with Crippen molar-refractivity contribution in [3.63, 3.8) is 0 Å². The number of carbonyl (C=O) groups is 1. The summed E-state index contributed by atoms with van der Waals surface area (Å²) in [6.07, 6.45) is 8.96. The molecule has 4 nitrogen and oxygen atoms in total. The smallest absolute Gasteiger partial charge is 0.222 e. The van der Waals surface area contributed by atoms with E-state index in [0.29, 0.717) is 17.9 Å². The summed E-state index contributed by atoms with van der Waals surface area (Å²) >= 11 is 0. The summed E-state index contributed by atoms with van der Waals surface area (Å²) in [4.78, 5) is 16.6. The van der Waals surface area contributed by atoms with E-state index >= 15 is 0 Å². The van der Waals surface area contributed by atoms with Gasteiger partial charge in [0.15, 0.2) is 0 Å². The Bertz CT molecular complexity index is 318. The van der Waals surface area contributed by atoms with Crippen molar-refractivity contribution < 1.29 is 4.79 Å². The van der Waals surface area contributed by atoms with Gasteiger partial charge in [-0.1, -0.05) is 0 Å². The summed E-state index contributed by atoms with van der Waals surface area (Å²) in [5.74, 6) is 1.76. The number of hydrogen-bond donors (Lipinski definition) is 1. The number of carbonyl (C=O) groups excluding carboxylic acids is 1. The molecule has 2 aliphatic rings. The Labute approximate surface area is 130 Å². The van der Waals surface area contributed by atoms with Crippen LogP contribution in [0.2, 0.25) is 0 Å². The number of piperidine rings is 1. The third-order valence-corrected chi connectivity index (χ3v) is 5.45. The van der Waals surface area contributed by atoms with Gasteiger partial charge in [-0.2, -0.15) is 0 Å². The summed E-state index contributed by atoms with van der Waals surface area (Å²) in [5, 5.41) is 0. The molecule has 0 aromatic rings. The van der Waals surface area contributed by atoms with Crippen LogP contribution in [0.1, 0.15) is 51.4 Å². The molecule has 1 heterocycles. The molecule has 0 aromatic heterocycles. The molecule has 122 valence electrons. The Morgan fingerprint density at radius 3 is 2.33 bits per heavy atom. The van der Waals surface area contributed by atoms with Crippen LogP contribution in [0.4, 0.5) is 0 Å². The maximum Gasteiger partial charge on any atom is 0.222 e. The first kappa shape index (κ1) is 16.8. The number of nitrogens with two attached hydrogens (primary N) is 1. The van der Waals surface area contributed by atoms with E-state index in [1.807, 2.05) is 11.9 Å². The van der Waals surface area contributed by atoms with Gasteiger partial charge in [-0.05, 0) is 76.9 Å². The molecule has 0 radical (unpaired) electrons. The number of hydrogen-bond acceptors (Lipinski definition) is 3. The number of nitrogens with zero attached hydrogens (tertiary/aromatic N) is 2. The van der Waals surface area contributed by atoms with Crippen molar-refractivity contribution >= 4 is 5.91 Å². The molecule has 1 amide bonds. The van der Waals surface area contributed by atoms with Crippen LogP contribution < -0.4 is 5.73 Å². The second-order valence-electron chi connectivity index (χ2n) is 7.34. The van der Waals surface area contributed by atoms with Crippen LogP contribution in [0.3, 0.4) is 0 Å². The Hall–Kier alpha value is -0.610. The first-order valence-electron chi connectivity index (χ1n) is 8.72. The highest BCUT2D eigenvalue weighted by Crippen LogP contribution is 2.27. The fourth-order valence-corrected chi connectivity index (χ4v) is 3.73. The molecule has 2 fully saturated rings. The lowest BCUT2D eigenvalue weighted by atomic mass is 9.83. The van der Waals surface area contributed by atoms with Crippen molar-refractivity contribution in [3.8, 4) is 0 Å². The standard InChI is InChI=1S/C17H33N3O/c1-19-11-9-15(10-12-19)13-20(2)17(21)8-5-14-3-6-16(18)7-4-14/h14-16H,3-13,18H2,1-2H3. The largest absolute Gasteiger partial charge is 0.345 e. The van der Waals surface area contributed by atoms with Crippen molar-refractivity contribution in [2.45, 2.75) is 57.4 Å². The Kier molecular flexibility index (Phi) is 6.49. The van der Waals surface area contributed by atoms with Gasteiger partial charge >= 0.3 is 0 Å². The van der Waals surface area contributed by atoms with Crippen molar-refractivity contribution in [3.05, 3.63) is 0 Å². The quantitative estimate of drug-likeness (QED) is 0.845. The van der Waals surface area contributed by atoms with Gasteiger partial charge in [-0.25, -0.2) is 0 Å². The third kappa shape index (κ3) is 5.59. The Morgan fingerprint density at radius 1 is 1.10 bits per heavy atom. The molecule has 1 saturated carbocycles. The summed E-state index contributed by atoms with van der Waals surface area (Å²) in [6, 6.07) is 0.407. The molecule has 0 bridgehead atoms. The monoisotopic (exact) mass is 295 g/mol. The average Bonchev–Trinajstić information content (AvgIpc) is 2.48. The van der Waals surface area contributed by atoms with Gasteiger partial charge in [0.05, 0.1) is 0 Å². The molecule has 1 saturated heterocycles. The molecular formula is C17H33N3O. The highest BCUT2D eigenvalue weighted by molar-refractivity contribution is 5.75. The molecule has 0 unspecified atom stereocenters. The topological polar surface area (TPSA) is 49.6 Å². The summed E-state index contributed by atoms with van der Waals surface area (Å²) in [7, 11) is 4.17. The van der Waals surface area contributed by atoms with Crippen LogP contribution in [0.15, 0.2) is 0 Å². The zero-order valence-electron chi connectivity index (χ0n) is 13.9. The van der Waals surface area contributed by atoms with E-state index in [4.69, 9.17) is 5.73 Å². The van der Waals surface area contributed by atoms with Gasteiger partial charge < -0.3 is 15.5 Å². The first-order chi connectivity index (χ1) is 10.0. The van der Waals surface area contributed by atoms with E-state index in [0.717, 1.165) is 38.1 Å². The van der Waals surface area contributed by atoms with Crippen molar-refractivity contribution in [2.24, 2.45) is 17.6 Å². The fourth-order valence-electron chi connectivity index (χ4n) is 3.73. The van der Waals surface area contributed by atoms with Gasteiger partial charge in [0.25, 0.3) is 0 Å². The van der Waals surface area contributed by atoms with Crippen LogP contribution in [0, 0.1) is 11.8 Å². The molecule has 0 atom stereocenters. The maximum atomic E-state index is 12.3. The minimum absolute atomic E-state index is 0.337. The lowest BCUT2D eigenvalue weighted by molar-refractivity contribution is -0.131. The second-order valence-corrected chi connectivity index (χ2v) is 7.34. The predicted molar refractivity (Wildman–Crippen MR) is 87.0 cm³/mol.